The first-order valence-electron chi connectivity index (χ1n) is 5.98. The number of likely N-dealkylation sites (N-methyl/N-ethyl adjacent to an activating group) is 1. The molecule has 5 nitrogen and oxygen atoms in total. The van der Waals surface area contributed by atoms with Crippen LogP contribution in [0.3, 0.4) is 0 Å². The Labute approximate surface area is 96.4 Å². The van der Waals surface area contributed by atoms with Crippen LogP contribution in [0.4, 0.5) is 0 Å². The average Bonchev–Trinajstić information content (AvgIpc) is 2.50. The fourth-order valence-corrected chi connectivity index (χ4v) is 2.56. The molecule has 0 bridgehead atoms. The van der Waals surface area contributed by atoms with Crippen LogP contribution in [-0.4, -0.2) is 72.7 Å². The summed E-state index contributed by atoms with van der Waals surface area (Å²) in [6.07, 6.45) is 1.57. The molecule has 0 radical (unpaired) electrons. The van der Waals surface area contributed by atoms with Gasteiger partial charge in [0.25, 0.3) is 0 Å². The van der Waals surface area contributed by atoms with Gasteiger partial charge in [-0.2, -0.15) is 0 Å². The van der Waals surface area contributed by atoms with Crippen LogP contribution in [0, 0.1) is 0 Å². The lowest BCUT2D eigenvalue weighted by molar-refractivity contribution is -0.131. The highest BCUT2D eigenvalue weighted by Gasteiger charge is 2.35. The number of likely N-dealkylation sites (tertiary alicyclic amines) is 1. The van der Waals surface area contributed by atoms with Gasteiger partial charge in [-0.05, 0) is 13.5 Å². The largest absolute Gasteiger partial charge is 0.385 e. The molecule has 2 heterocycles. The fourth-order valence-electron chi connectivity index (χ4n) is 2.56. The molecule has 0 aromatic carbocycles. The Morgan fingerprint density at radius 2 is 2.31 bits per heavy atom. The Morgan fingerprint density at radius 1 is 1.50 bits per heavy atom. The molecule has 1 amide bonds. The predicted molar refractivity (Wildman–Crippen MR) is 61.1 cm³/mol. The van der Waals surface area contributed by atoms with E-state index in [1.54, 1.807) is 4.90 Å². The van der Waals surface area contributed by atoms with Crippen LogP contribution in [0.2, 0.25) is 0 Å². The van der Waals surface area contributed by atoms with Crippen molar-refractivity contribution in [3.8, 4) is 0 Å². The van der Waals surface area contributed by atoms with Crippen molar-refractivity contribution >= 4 is 5.91 Å². The number of hydrogen-bond donors (Lipinski definition) is 2. The molecule has 0 unspecified atom stereocenters. The van der Waals surface area contributed by atoms with Crippen LogP contribution >= 0.6 is 0 Å². The zero-order valence-electron chi connectivity index (χ0n) is 9.91. The Hall–Kier alpha value is -0.650. The Kier molecular flexibility index (Phi) is 3.47. The predicted octanol–water partition coefficient (Wildman–Crippen LogP) is -1.13. The molecule has 16 heavy (non-hydrogen) atoms. The van der Waals surface area contributed by atoms with E-state index >= 15 is 0 Å². The van der Waals surface area contributed by atoms with Crippen molar-refractivity contribution in [1.29, 1.82) is 0 Å². The van der Waals surface area contributed by atoms with E-state index < -0.39 is 5.60 Å². The van der Waals surface area contributed by atoms with Crippen molar-refractivity contribution in [3.63, 3.8) is 0 Å². The molecule has 1 atom stereocenters. The third kappa shape index (κ3) is 2.72. The van der Waals surface area contributed by atoms with Gasteiger partial charge in [0.1, 0.15) is 5.60 Å². The monoisotopic (exact) mass is 227 g/mol. The van der Waals surface area contributed by atoms with Gasteiger partial charge in [-0.25, -0.2) is 0 Å². The maximum absolute atomic E-state index is 11.5. The third-order valence-corrected chi connectivity index (χ3v) is 3.35. The Morgan fingerprint density at radius 3 is 3.00 bits per heavy atom. The van der Waals surface area contributed by atoms with Gasteiger partial charge in [-0.1, -0.05) is 0 Å². The number of β-amino-alcohol motifs (C(OH)–C–C–N with tert-alkyl or cyclic N) is 1. The summed E-state index contributed by atoms with van der Waals surface area (Å²) in [6.45, 7) is 4.29. The molecule has 0 aliphatic carbocycles. The van der Waals surface area contributed by atoms with Crippen LogP contribution in [0.25, 0.3) is 0 Å². The number of carbonyl (C=O) groups is 1. The molecule has 2 rings (SSSR count). The second kappa shape index (κ2) is 4.69. The van der Waals surface area contributed by atoms with Crippen LogP contribution in [0.15, 0.2) is 0 Å². The number of amides is 1. The molecule has 2 saturated heterocycles. The minimum absolute atomic E-state index is 0.181. The smallest absolute Gasteiger partial charge is 0.222 e. The maximum Gasteiger partial charge on any atom is 0.222 e. The molecule has 0 spiro atoms. The normalized spacial score (nSPS) is 33.1. The molecular formula is C11H21N3O2. The number of hydrogen-bond acceptors (Lipinski definition) is 4. The number of nitrogens with zero attached hydrogens (tertiary/aromatic N) is 2. The number of rotatable bonds is 2. The minimum Gasteiger partial charge on any atom is -0.385 e. The molecule has 5 heteroatoms. The van der Waals surface area contributed by atoms with Crippen molar-refractivity contribution in [2.45, 2.75) is 18.4 Å². The lowest BCUT2D eigenvalue weighted by atomic mass is 10.0. The second-order valence-electron chi connectivity index (χ2n) is 5.06. The standard InChI is InChI=1S/C11H21N3O2/c1-13-6-4-12-7-11(16,8-13)9-14-5-2-3-10(14)15/h12,16H,2-9H2,1H3/t11-/m1/s1. The average molecular weight is 227 g/mol. The van der Waals surface area contributed by atoms with Crippen molar-refractivity contribution in [2.24, 2.45) is 0 Å². The van der Waals surface area contributed by atoms with Gasteiger partial charge in [-0.3, -0.25) is 4.79 Å². The summed E-state index contributed by atoms with van der Waals surface area (Å²) in [5, 5.41) is 13.7. The van der Waals surface area contributed by atoms with Crippen molar-refractivity contribution in [3.05, 3.63) is 0 Å². The van der Waals surface area contributed by atoms with Crippen molar-refractivity contribution in [2.75, 3.05) is 46.3 Å². The van der Waals surface area contributed by atoms with Crippen molar-refractivity contribution < 1.29 is 9.90 Å². The molecular weight excluding hydrogens is 206 g/mol. The molecule has 0 saturated carbocycles. The SMILES string of the molecule is CN1CCNC[C@](O)(CN2CCCC2=O)C1. The summed E-state index contributed by atoms with van der Waals surface area (Å²) in [7, 11) is 2.00. The summed E-state index contributed by atoms with van der Waals surface area (Å²) in [5.41, 5.74) is -0.800. The first kappa shape index (κ1) is 11.8. The quantitative estimate of drug-likeness (QED) is 0.627. The second-order valence-corrected chi connectivity index (χ2v) is 5.06. The van der Waals surface area contributed by atoms with Crippen molar-refractivity contribution in [1.82, 2.24) is 15.1 Å². The van der Waals surface area contributed by atoms with E-state index in [0.29, 0.717) is 26.1 Å². The van der Waals surface area contributed by atoms with Crippen LogP contribution in [0.5, 0.6) is 0 Å². The molecule has 2 aliphatic heterocycles. The van der Waals surface area contributed by atoms with E-state index in [-0.39, 0.29) is 5.91 Å². The van der Waals surface area contributed by atoms with E-state index in [2.05, 4.69) is 10.2 Å². The number of carbonyl (C=O) groups excluding carboxylic acids is 1. The molecule has 2 N–H and O–H groups in total. The molecule has 0 aromatic rings. The number of nitrogens with one attached hydrogen (secondary N) is 1. The van der Waals surface area contributed by atoms with E-state index in [1.165, 1.54) is 0 Å². The highest BCUT2D eigenvalue weighted by atomic mass is 16.3. The molecule has 0 aromatic heterocycles. The highest BCUT2D eigenvalue weighted by Crippen LogP contribution is 2.16. The Bertz CT molecular complexity index is 272. The fraction of sp³-hybridized carbons (Fsp3) is 0.909. The van der Waals surface area contributed by atoms with Crippen LogP contribution < -0.4 is 5.32 Å². The van der Waals surface area contributed by atoms with E-state index in [0.717, 1.165) is 26.1 Å². The first-order chi connectivity index (χ1) is 7.59. The van der Waals surface area contributed by atoms with Gasteiger partial charge < -0.3 is 20.2 Å². The zero-order chi connectivity index (χ0) is 11.6. The topological polar surface area (TPSA) is 55.8 Å². The number of aliphatic hydroxyl groups is 1. The Balaban J connectivity index is 1.97. The van der Waals surface area contributed by atoms with Crippen LogP contribution in [0.1, 0.15) is 12.8 Å². The molecule has 92 valence electrons. The molecule has 2 aliphatic rings. The summed E-state index contributed by atoms with van der Waals surface area (Å²) >= 11 is 0. The lowest BCUT2D eigenvalue weighted by Crippen LogP contribution is -2.53. The highest BCUT2D eigenvalue weighted by molar-refractivity contribution is 5.78. The minimum atomic E-state index is -0.800. The summed E-state index contributed by atoms with van der Waals surface area (Å²) < 4.78 is 0. The van der Waals surface area contributed by atoms with E-state index in [4.69, 9.17) is 0 Å². The van der Waals surface area contributed by atoms with Gasteiger partial charge in [0, 0.05) is 39.1 Å². The van der Waals surface area contributed by atoms with Crippen LogP contribution in [-0.2, 0) is 4.79 Å². The third-order valence-electron chi connectivity index (χ3n) is 3.35. The van der Waals surface area contributed by atoms with Gasteiger partial charge in [0.05, 0.1) is 6.54 Å². The van der Waals surface area contributed by atoms with Gasteiger partial charge in [0.2, 0.25) is 5.91 Å². The molecule has 2 fully saturated rings. The zero-order valence-corrected chi connectivity index (χ0v) is 9.91. The van der Waals surface area contributed by atoms with E-state index in [1.807, 2.05) is 7.05 Å². The summed E-state index contributed by atoms with van der Waals surface area (Å²) in [6, 6.07) is 0. The lowest BCUT2D eigenvalue weighted by Gasteiger charge is -2.33. The summed E-state index contributed by atoms with van der Waals surface area (Å²) in [4.78, 5) is 15.4. The van der Waals surface area contributed by atoms with E-state index in [9.17, 15) is 9.90 Å². The van der Waals surface area contributed by atoms with Gasteiger partial charge >= 0.3 is 0 Å². The first-order valence-corrected chi connectivity index (χ1v) is 5.98. The maximum atomic E-state index is 11.5. The van der Waals surface area contributed by atoms with Gasteiger partial charge in [-0.15, -0.1) is 0 Å². The van der Waals surface area contributed by atoms with Gasteiger partial charge in [0.15, 0.2) is 0 Å². The summed E-state index contributed by atoms with van der Waals surface area (Å²) in [5.74, 6) is 0.181.